The summed E-state index contributed by atoms with van der Waals surface area (Å²) in [6, 6.07) is 6.21. The van der Waals surface area contributed by atoms with Crippen molar-refractivity contribution in [3.05, 3.63) is 54.2 Å². The van der Waals surface area contributed by atoms with E-state index in [2.05, 4.69) is 15.6 Å². The Kier molecular flexibility index (Phi) is 5.30. The minimum atomic E-state index is -0.626. The van der Waals surface area contributed by atoms with Crippen LogP contribution in [0.4, 0.5) is 0 Å². The van der Waals surface area contributed by atoms with E-state index in [0.29, 0.717) is 6.54 Å². The first kappa shape index (κ1) is 15.8. The van der Waals surface area contributed by atoms with Crippen molar-refractivity contribution in [3.63, 3.8) is 0 Å². The molecule has 0 aliphatic rings. The smallest absolute Gasteiger partial charge is 0.287 e. The van der Waals surface area contributed by atoms with Crippen molar-refractivity contribution in [2.24, 2.45) is 5.92 Å². The highest BCUT2D eigenvalue weighted by Gasteiger charge is 2.25. The molecule has 2 aromatic heterocycles. The van der Waals surface area contributed by atoms with Crippen molar-refractivity contribution in [2.45, 2.75) is 26.4 Å². The third kappa shape index (κ3) is 4.18. The summed E-state index contributed by atoms with van der Waals surface area (Å²) in [5.74, 6) is -0.488. The van der Waals surface area contributed by atoms with Crippen LogP contribution in [-0.2, 0) is 11.3 Å². The second kappa shape index (κ2) is 7.40. The summed E-state index contributed by atoms with van der Waals surface area (Å²) in [4.78, 5) is 28.2. The molecule has 0 aliphatic carbocycles. The van der Waals surface area contributed by atoms with E-state index in [1.807, 2.05) is 26.0 Å². The predicted molar refractivity (Wildman–Crippen MR) is 80.9 cm³/mol. The maximum atomic E-state index is 12.3. The molecule has 2 rings (SSSR count). The van der Waals surface area contributed by atoms with Crippen molar-refractivity contribution < 1.29 is 14.0 Å². The Morgan fingerprint density at radius 3 is 2.55 bits per heavy atom. The molecule has 22 heavy (non-hydrogen) atoms. The summed E-state index contributed by atoms with van der Waals surface area (Å²) < 4.78 is 5.03. The topological polar surface area (TPSA) is 84.2 Å². The maximum Gasteiger partial charge on any atom is 0.287 e. The summed E-state index contributed by atoms with van der Waals surface area (Å²) in [6.07, 6.45) is 4.75. The van der Waals surface area contributed by atoms with Crippen molar-refractivity contribution >= 4 is 11.8 Å². The molecule has 0 fully saturated rings. The zero-order chi connectivity index (χ0) is 15.9. The van der Waals surface area contributed by atoms with Gasteiger partial charge in [0.1, 0.15) is 6.04 Å². The normalized spacial score (nSPS) is 12.0. The lowest BCUT2D eigenvalue weighted by Crippen LogP contribution is -2.49. The molecule has 2 N–H and O–H groups in total. The van der Waals surface area contributed by atoms with Crippen LogP contribution in [0.15, 0.2) is 47.3 Å². The number of hydrogen-bond donors (Lipinski definition) is 2. The molecule has 1 atom stereocenters. The van der Waals surface area contributed by atoms with Crippen LogP contribution in [0.3, 0.4) is 0 Å². The number of amides is 2. The third-order valence-electron chi connectivity index (χ3n) is 3.20. The van der Waals surface area contributed by atoms with E-state index in [1.54, 1.807) is 24.5 Å². The fraction of sp³-hybridized carbons (Fsp3) is 0.312. The average Bonchev–Trinajstić information content (AvgIpc) is 3.05. The Hall–Kier alpha value is -2.63. The van der Waals surface area contributed by atoms with Crippen LogP contribution in [0.1, 0.15) is 30.0 Å². The van der Waals surface area contributed by atoms with Gasteiger partial charge in [-0.05, 0) is 35.7 Å². The molecule has 0 aliphatic heterocycles. The number of furan rings is 1. The standard InChI is InChI=1S/C16H19N3O3/c1-11(2)14(19-15(20)13-4-3-9-22-13)16(21)18-10-12-5-7-17-8-6-12/h3-9,11,14H,10H2,1-2H3,(H,18,21)(H,19,20)/t14-/m1/s1. The number of rotatable bonds is 6. The van der Waals surface area contributed by atoms with Gasteiger partial charge in [-0.25, -0.2) is 0 Å². The number of carbonyl (C=O) groups excluding carboxylic acids is 2. The zero-order valence-corrected chi connectivity index (χ0v) is 12.6. The van der Waals surface area contributed by atoms with Gasteiger partial charge in [0, 0.05) is 18.9 Å². The van der Waals surface area contributed by atoms with E-state index in [0.717, 1.165) is 5.56 Å². The number of nitrogens with one attached hydrogen (secondary N) is 2. The number of carbonyl (C=O) groups is 2. The fourth-order valence-electron chi connectivity index (χ4n) is 1.95. The lowest BCUT2D eigenvalue weighted by Gasteiger charge is -2.21. The summed E-state index contributed by atoms with van der Waals surface area (Å²) in [6.45, 7) is 4.14. The first-order valence-corrected chi connectivity index (χ1v) is 7.09. The van der Waals surface area contributed by atoms with Crippen molar-refractivity contribution in [3.8, 4) is 0 Å². The Balaban J connectivity index is 1.95. The molecule has 2 aromatic rings. The summed E-state index contributed by atoms with van der Waals surface area (Å²) in [5.41, 5.74) is 0.947. The Morgan fingerprint density at radius 1 is 1.23 bits per heavy atom. The van der Waals surface area contributed by atoms with E-state index < -0.39 is 11.9 Å². The molecule has 0 radical (unpaired) electrons. The fourth-order valence-corrected chi connectivity index (χ4v) is 1.95. The number of hydrogen-bond acceptors (Lipinski definition) is 4. The Morgan fingerprint density at radius 2 is 1.95 bits per heavy atom. The molecular weight excluding hydrogens is 282 g/mol. The van der Waals surface area contributed by atoms with E-state index in [4.69, 9.17) is 4.42 Å². The molecule has 0 bridgehead atoms. The molecule has 6 heteroatoms. The van der Waals surface area contributed by atoms with E-state index >= 15 is 0 Å². The maximum absolute atomic E-state index is 12.3. The summed E-state index contributed by atoms with van der Waals surface area (Å²) >= 11 is 0. The molecule has 6 nitrogen and oxygen atoms in total. The largest absolute Gasteiger partial charge is 0.459 e. The second-order valence-electron chi connectivity index (χ2n) is 5.25. The molecule has 0 unspecified atom stereocenters. The average molecular weight is 301 g/mol. The second-order valence-corrected chi connectivity index (χ2v) is 5.25. The molecule has 0 spiro atoms. The first-order chi connectivity index (χ1) is 10.6. The zero-order valence-electron chi connectivity index (χ0n) is 12.6. The predicted octanol–water partition coefficient (Wildman–Crippen LogP) is 1.75. The minimum Gasteiger partial charge on any atom is -0.459 e. The SMILES string of the molecule is CC(C)[C@@H](NC(=O)c1ccco1)C(=O)NCc1ccncc1. The van der Waals surface area contributed by atoms with Gasteiger partial charge in [-0.15, -0.1) is 0 Å². The van der Waals surface area contributed by atoms with Crippen molar-refractivity contribution in [2.75, 3.05) is 0 Å². The molecule has 2 amide bonds. The van der Waals surface area contributed by atoms with E-state index in [9.17, 15) is 9.59 Å². The Labute approximate surface area is 128 Å². The number of pyridine rings is 1. The highest BCUT2D eigenvalue weighted by Crippen LogP contribution is 2.06. The monoisotopic (exact) mass is 301 g/mol. The molecule has 2 heterocycles. The van der Waals surface area contributed by atoms with Gasteiger partial charge in [-0.1, -0.05) is 13.8 Å². The molecule has 116 valence electrons. The van der Waals surface area contributed by atoms with Crippen LogP contribution in [-0.4, -0.2) is 22.8 Å². The summed E-state index contributed by atoms with van der Waals surface area (Å²) in [7, 11) is 0. The van der Waals surface area contributed by atoms with Gasteiger partial charge in [0.25, 0.3) is 5.91 Å². The number of aromatic nitrogens is 1. The van der Waals surface area contributed by atoms with Crippen LogP contribution < -0.4 is 10.6 Å². The first-order valence-electron chi connectivity index (χ1n) is 7.09. The van der Waals surface area contributed by atoms with Gasteiger partial charge in [0.15, 0.2) is 5.76 Å². The van der Waals surface area contributed by atoms with Crippen LogP contribution in [0, 0.1) is 5.92 Å². The van der Waals surface area contributed by atoms with Crippen molar-refractivity contribution in [1.29, 1.82) is 0 Å². The van der Waals surface area contributed by atoms with E-state index in [-0.39, 0.29) is 17.6 Å². The molecule has 0 aromatic carbocycles. The van der Waals surface area contributed by atoms with E-state index in [1.165, 1.54) is 6.26 Å². The van der Waals surface area contributed by atoms with Crippen molar-refractivity contribution in [1.82, 2.24) is 15.6 Å². The van der Waals surface area contributed by atoms with Gasteiger partial charge in [0.05, 0.1) is 6.26 Å². The minimum absolute atomic E-state index is 0.0450. The highest BCUT2D eigenvalue weighted by atomic mass is 16.3. The lowest BCUT2D eigenvalue weighted by molar-refractivity contribution is -0.124. The van der Waals surface area contributed by atoms with Gasteiger partial charge < -0.3 is 15.1 Å². The van der Waals surface area contributed by atoms with Gasteiger partial charge >= 0.3 is 0 Å². The number of nitrogens with zero attached hydrogens (tertiary/aromatic N) is 1. The van der Waals surface area contributed by atoms with Crippen LogP contribution >= 0.6 is 0 Å². The lowest BCUT2D eigenvalue weighted by atomic mass is 10.0. The quantitative estimate of drug-likeness (QED) is 0.851. The molecule has 0 saturated carbocycles. The van der Waals surface area contributed by atoms with Gasteiger partial charge in [-0.3, -0.25) is 14.6 Å². The van der Waals surface area contributed by atoms with Gasteiger partial charge in [0.2, 0.25) is 5.91 Å². The van der Waals surface area contributed by atoms with Gasteiger partial charge in [-0.2, -0.15) is 0 Å². The van der Waals surface area contributed by atoms with Crippen LogP contribution in [0.2, 0.25) is 0 Å². The third-order valence-corrected chi connectivity index (χ3v) is 3.20. The molecule has 0 saturated heterocycles. The van der Waals surface area contributed by atoms with Crippen LogP contribution in [0.5, 0.6) is 0 Å². The molecular formula is C16H19N3O3. The Bertz CT molecular complexity index is 609. The highest BCUT2D eigenvalue weighted by molar-refractivity contribution is 5.95. The van der Waals surface area contributed by atoms with Crippen LogP contribution in [0.25, 0.3) is 0 Å². The summed E-state index contributed by atoms with van der Waals surface area (Å²) in [5, 5.41) is 5.52.